The van der Waals surface area contributed by atoms with Crippen LogP contribution in [0.2, 0.25) is 0 Å². The number of anilines is 1. The molecule has 0 spiro atoms. The highest BCUT2D eigenvalue weighted by Crippen LogP contribution is 2.15. The van der Waals surface area contributed by atoms with E-state index in [1.54, 1.807) is 0 Å². The third-order valence-corrected chi connectivity index (χ3v) is 4.92. The number of hydrogen-bond donors (Lipinski definition) is 2. The highest BCUT2D eigenvalue weighted by molar-refractivity contribution is 14.0. The molecule has 1 fully saturated rings. The average molecular weight is 501 g/mol. The Hall–Kier alpha value is -1.51. The van der Waals surface area contributed by atoms with Crippen molar-refractivity contribution in [2.75, 3.05) is 44.2 Å². The Labute approximate surface area is 187 Å². The summed E-state index contributed by atoms with van der Waals surface area (Å²) in [6.45, 7) is 13.3. The molecule has 0 saturated carbocycles. The van der Waals surface area contributed by atoms with Crippen LogP contribution in [0.25, 0.3) is 0 Å². The predicted molar refractivity (Wildman–Crippen MR) is 129 cm³/mol. The summed E-state index contributed by atoms with van der Waals surface area (Å²) in [6, 6.07) is 8.87. The van der Waals surface area contributed by atoms with Crippen LogP contribution in [-0.4, -0.2) is 62.1 Å². The molecule has 1 aliphatic rings. The molecular formula is C21H36IN5O. The van der Waals surface area contributed by atoms with E-state index in [2.05, 4.69) is 60.6 Å². The van der Waals surface area contributed by atoms with E-state index < -0.39 is 0 Å². The van der Waals surface area contributed by atoms with Gasteiger partial charge in [0.25, 0.3) is 0 Å². The van der Waals surface area contributed by atoms with E-state index in [1.807, 2.05) is 11.8 Å². The van der Waals surface area contributed by atoms with Crippen molar-refractivity contribution in [3.63, 3.8) is 0 Å². The zero-order valence-electron chi connectivity index (χ0n) is 17.7. The first-order valence-corrected chi connectivity index (χ1v) is 10.2. The van der Waals surface area contributed by atoms with Crippen molar-refractivity contribution in [3.05, 3.63) is 29.8 Å². The zero-order valence-corrected chi connectivity index (χ0v) is 20.0. The van der Waals surface area contributed by atoms with Crippen LogP contribution in [0.15, 0.2) is 29.3 Å². The van der Waals surface area contributed by atoms with E-state index in [4.69, 9.17) is 4.99 Å². The summed E-state index contributed by atoms with van der Waals surface area (Å²) in [6.07, 6.45) is 1.55. The molecule has 0 radical (unpaired) electrons. The highest BCUT2D eigenvalue weighted by atomic mass is 127. The minimum atomic E-state index is 0. The SMILES string of the molecule is CCNC(=NCCN(CC)c1cccc(C)c1)NC1CCN(C(=O)CC)C1.I. The van der Waals surface area contributed by atoms with Crippen LogP contribution in [0.3, 0.4) is 0 Å². The number of benzene rings is 1. The van der Waals surface area contributed by atoms with Gasteiger partial charge in [0.2, 0.25) is 5.91 Å². The molecule has 158 valence electrons. The quantitative estimate of drug-likeness (QED) is 0.327. The minimum Gasteiger partial charge on any atom is -0.370 e. The second-order valence-electron chi connectivity index (χ2n) is 7.00. The summed E-state index contributed by atoms with van der Waals surface area (Å²) in [4.78, 5) is 20.9. The van der Waals surface area contributed by atoms with E-state index in [0.29, 0.717) is 6.42 Å². The van der Waals surface area contributed by atoms with Gasteiger partial charge in [-0.2, -0.15) is 0 Å². The first-order valence-electron chi connectivity index (χ1n) is 10.2. The molecule has 1 aliphatic heterocycles. The molecule has 28 heavy (non-hydrogen) atoms. The molecule has 7 heteroatoms. The number of aliphatic imine (C=N–C) groups is 1. The molecule has 1 saturated heterocycles. The Morgan fingerprint density at radius 1 is 1.32 bits per heavy atom. The van der Waals surface area contributed by atoms with Crippen molar-refractivity contribution < 1.29 is 4.79 Å². The number of amides is 1. The van der Waals surface area contributed by atoms with Crippen molar-refractivity contribution in [3.8, 4) is 0 Å². The van der Waals surface area contributed by atoms with Crippen LogP contribution in [-0.2, 0) is 4.79 Å². The second-order valence-corrected chi connectivity index (χ2v) is 7.00. The maximum absolute atomic E-state index is 11.9. The summed E-state index contributed by atoms with van der Waals surface area (Å²) in [5, 5.41) is 6.82. The lowest BCUT2D eigenvalue weighted by Crippen LogP contribution is -2.45. The summed E-state index contributed by atoms with van der Waals surface area (Å²) in [5.74, 6) is 1.08. The Kier molecular flexibility index (Phi) is 11.3. The lowest BCUT2D eigenvalue weighted by molar-refractivity contribution is -0.129. The van der Waals surface area contributed by atoms with Crippen LogP contribution in [0.5, 0.6) is 0 Å². The number of nitrogens with zero attached hydrogens (tertiary/aromatic N) is 3. The van der Waals surface area contributed by atoms with E-state index in [1.165, 1.54) is 11.3 Å². The molecular weight excluding hydrogens is 465 g/mol. The monoisotopic (exact) mass is 501 g/mol. The van der Waals surface area contributed by atoms with Crippen molar-refractivity contribution in [2.24, 2.45) is 4.99 Å². The largest absolute Gasteiger partial charge is 0.370 e. The number of hydrogen-bond acceptors (Lipinski definition) is 3. The minimum absolute atomic E-state index is 0. The molecule has 2 rings (SSSR count). The third kappa shape index (κ3) is 7.48. The lowest BCUT2D eigenvalue weighted by atomic mass is 10.2. The van der Waals surface area contributed by atoms with Crippen molar-refractivity contribution in [1.29, 1.82) is 0 Å². The van der Waals surface area contributed by atoms with Gasteiger partial charge < -0.3 is 20.4 Å². The van der Waals surface area contributed by atoms with Crippen LogP contribution in [0.1, 0.15) is 39.2 Å². The first-order chi connectivity index (χ1) is 13.1. The van der Waals surface area contributed by atoms with Crippen molar-refractivity contribution in [2.45, 2.75) is 46.6 Å². The first kappa shape index (κ1) is 24.5. The molecule has 1 unspecified atom stereocenters. The molecule has 1 amide bonds. The zero-order chi connectivity index (χ0) is 19.6. The van der Waals surface area contributed by atoms with Crippen LogP contribution in [0, 0.1) is 6.92 Å². The second kappa shape index (κ2) is 12.9. The molecule has 6 nitrogen and oxygen atoms in total. The van der Waals surface area contributed by atoms with Gasteiger partial charge in [0.05, 0.1) is 6.54 Å². The summed E-state index contributed by atoms with van der Waals surface area (Å²) < 4.78 is 0. The Morgan fingerprint density at radius 2 is 2.11 bits per heavy atom. The topological polar surface area (TPSA) is 60.0 Å². The lowest BCUT2D eigenvalue weighted by Gasteiger charge is -2.23. The van der Waals surface area contributed by atoms with Crippen molar-refractivity contribution >= 4 is 41.5 Å². The van der Waals surface area contributed by atoms with E-state index in [9.17, 15) is 4.79 Å². The van der Waals surface area contributed by atoms with E-state index in [0.717, 1.165) is 51.6 Å². The summed E-state index contributed by atoms with van der Waals surface area (Å²) in [7, 11) is 0. The van der Waals surface area contributed by atoms with Gasteiger partial charge in [-0.1, -0.05) is 19.1 Å². The van der Waals surface area contributed by atoms with E-state index >= 15 is 0 Å². The molecule has 0 aromatic heterocycles. The maximum atomic E-state index is 11.9. The molecule has 0 aliphatic carbocycles. The third-order valence-electron chi connectivity index (χ3n) is 4.92. The van der Waals surface area contributed by atoms with Crippen LogP contribution in [0.4, 0.5) is 5.69 Å². The van der Waals surface area contributed by atoms with Gasteiger partial charge in [-0.3, -0.25) is 9.79 Å². The van der Waals surface area contributed by atoms with Gasteiger partial charge in [-0.25, -0.2) is 0 Å². The van der Waals surface area contributed by atoms with Gasteiger partial charge in [0.15, 0.2) is 5.96 Å². The number of likely N-dealkylation sites (tertiary alicyclic amines) is 1. The molecule has 1 aromatic carbocycles. The van der Waals surface area contributed by atoms with Gasteiger partial charge in [0, 0.05) is 50.9 Å². The van der Waals surface area contributed by atoms with Gasteiger partial charge >= 0.3 is 0 Å². The smallest absolute Gasteiger partial charge is 0.222 e. The highest BCUT2D eigenvalue weighted by Gasteiger charge is 2.25. The number of likely N-dealkylation sites (N-methyl/N-ethyl adjacent to an activating group) is 1. The normalized spacial score (nSPS) is 16.5. The number of guanidine groups is 1. The average Bonchev–Trinajstić information content (AvgIpc) is 3.13. The number of aryl methyl sites for hydroxylation is 1. The van der Waals surface area contributed by atoms with Gasteiger partial charge in [0.1, 0.15) is 0 Å². The fourth-order valence-electron chi connectivity index (χ4n) is 3.42. The molecule has 0 bridgehead atoms. The van der Waals surface area contributed by atoms with Crippen LogP contribution >= 0.6 is 24.0 Å². The summed E-state index contributed by atoms with van der Waals surface area (Å²) in [5.41, 5.74) is 2.52. The Bertz CT molecular complexity index is 637. The number of halogens is 1. The molecule has 1 heterocycles. The maximum Gasteiger partial charge on any atom is 0.222 e. The molecule has 1 aromatic rings. The summed E-state index contributed by atoms with van der Waals surface area (Å²) >= 11 is 0. The fraction of sp³-hybridized carbons (Fsp3) is 0.619. The standard InChI is InChI=1S/C21H35N5O.HI/c1-5-20(27)26-13-11-18(16-26)24-21(22-6-2)23-12-14-25(7-3)19-10-8-9-17(4)15-19;/h8-10,15,18H,5-7,11-14,16H2,1-4H3,(H2,22,23,24);1H. The van der Waals surface area contributed by atoms with Crippen LogP contribution < -0.4 is 15.5 Å². The van der Waals surface area contributed by atoms with E-state index in [-0.39, 0.29) is 35.9 Å². The molecule has 2 N–H and O–H groups in total. The number of rotatable bonds is 8. The van der Waals surface area contributed by atoms with Gasteiger partial charge in [-0.15, -0.1) is 24.0 Å². The fourth-order valence-corrected chi connectivity index (χ4v) is 3.42. The number of carbonyl (C=O) groups is 1. The predicted octanol–water partition coefficient (Wildman–Crippen LogP) is 3.01. The Morgan fingerprint density at radius 3 is 2.75 bits per heavy atom. The number of nitrogens with one attached hydrogen (secondary N) is 2. The van der Waals surface area contributed by atoms with Crippen molar-refractivity contribution in [1.82, 2.24) is 15.5 Å². The van der Waals surface area contributed by atoms with Gasteiger partial charge in [-0.05, 0) is 44.9 Å². The molecule has 1 atom stereocenters. The Balaban J connectivity index is 0.00000392. The number of carbonyl (C=O) groups excluding carboxylic acids is 1.